The first-order chi connectivity index (χ1) is 10.3. The Morgan fingerprint density at radius 1 is 1.38 bits per heavy atom. The van der Waals surface area contributed by atoms with Crippen LogP contribution >= 0.6 is 0 Å². The maximum atomic E-state index is 12.5. The van der Waals surface area contributed by atoms with Crippen LogP contribution in [0.25, 0.3) is 16.9 Å². The van der Waals surface area contributed by atoms with E-state index >= 15 is 0 Å². The van der Waals surface area contributed by atoms with Gasteiger partial charge < -0.3 is 4.98 Å². The molecule has 1 aliphatic carbocycles. The molecule has 4 rings (SSSR count). The molecule has 0 aliphatic heterocycles. The lowest BCUT2D eigenvalue weighted by Gasteiger charge is -2.06. The number of aromatic nitrogens is 6. The van der Waals surface area contributed by atoms with E-state index < -0.39 is 0 Å². The van der Waals surface area contributed by atoms with E-state index in [0.717, 1.165) is 31.6 Å². The molecule has 7 heteroatoms. The molecule has 0 amide bonds. The lowest BCUT2D eigenvalue weighted by molar-refractivity contribution is 0.670. The summed E-state index contributed by atoms with van der Waals surface area (Å²) in [5.74, 6) is 1.96. The number of hydrogen-bond donors (Lipinski definition) is 1. The van der Waals surface area contributed by atoms with Gasteiger partial charge in [0.15, 0.2) is 11.2 Å². The van der Waals surface area contributed by atoms with Crippen LogP contribution in [0, 0.1) is 0 Å². The lowest BCUT2D eigenvalue weighted by atomic mass is 10.1. The fourth-order valence-corrected chi connectivity index (χ4v) is 3.31. The van der Waals surface area contributed by atoms with E-state index in [9.17, 15) is 4.79 Å². The molecule has 21 heavy (non-hydrogen) atoms. The molecule has 110 valence electrons. The minimum absolute atomic E-state index is 0.165. The van der Waals surface area contributed by atoms with Crippen molar-refractivity contribution < 1.29 is 0 Å². The average Bonchev–Trinajstić information content (AvgIpc) is 3.22. The van der Waals surface area contributed by atoms with Gasteiger partial charge in [0, 0.05) is 12.5 Å². The Morgan fingerprint density at radius 3 is 2.95 bits per heavy atom. The smallest absolute Gasteiger partial charge is 0.301 e. The molecule has 1 fully saturated rings. The number of aromatic amines is 1. The molecule has 7 nitrogen and oxygen atoms in total. The third-order valence-corrected chi connectivity index (χ3v) is 4.33. The van der Waals surface area contributed by atoms with Crippen molar-refractivity contribution in [2.45, 2.75) is 51.5 Å². The third kappa shape index (κ3) is 1.80. The maximum Gasteiger partial charge on any atom is 0.301 e. The van der Waals surface area contributed by atoms with Crippen LogP contribution in [-0.4, -0.2) is 29.1 Å². The molecule has 1 N–H and O–H groups in total. The Morgan fingerprint density at radius 2 is 2.19 bits per heavy atom. The number of nitrogens with zero attached hydrogens (tertiary/aromatic N) is 5. The highest BCUT2D eigenvalue weighted by atomic mass is 16.1. The van der Waals surface area contributed by atoms with Crippen LogP contribution in [0.15, 0.2) is 11.1 Å². The monoisotopic (exact) mass is 286 g/mol. The van der Waals surface area contributed by atoms with E-state index in [1.165, 1.54) is 23.7 Å². The molecule has 0 atom stereocenters. The van der Waals surface area contributed by atoms with Crippen molar-refractivity contribution in [3.8, 4) is 0 Å². The Kier molecular flexibility index (Phi) is 2.80. The summed E-state index contributed by atoms with van der Waals surface area (Å²) in [4.78, 5) is 24.7. The van der Waals surface area contributed by atoms with E-state index in [0.29, 0.717) is 22.9 Å². The van der Waals surface area contributed by atoms with Crippen LogP contribution in [0.5, 0.6) is 0 Å². The molecule has 0 bridgehead atoms. The van der Waals surface area contributed by atoms with Crippen molar-refractivity contribution in [3.05, 3.63) is 22.5 Å². The van der Waals surface area contributed by atoms with Gasteiger partial charge in [0.1, 0.15) is 12.2 Å². The van der Waals surface area contributed by atoms with Crippen LogP contribution < -0.4 is 5.56 Å². The van der Waals surface area contributed by atoms with Gasteiger partial charge >= 0.3 is 5.56 Å². The lowest BCUT2D eigenvalue weighted by Crippen LogP contribution is -2.20. The van der Waals surface area contributed by atoms with E-state index in [2.05, 4.69) is 22.0 Å². The van der Waals surface area contributed by atoms with Crippen LogP contribution in [0.4, 0.5) is 0 Å². The zero-order valence-electron chi connectivity index (χ0n) is 12.0. The molecule has 0 radical (unpaired) electrons. The van der Waals surface area contributed by atoms with Gasteiger partial charge in [-0.15, -0.1) is 0 Å². The van der Waals surface area contributed by atoms with E-state index in [-0.39, 0.29) is 5.56 Å². The third-order valence-electron chi connectivity index (χ3n) is 4.33. The van der Waals surface area contributed by atoms with Crippen LogP contribution in [0.1, 0.15) is 50.8 Å². The molecule has 3 aromatic rings. The van der Waals surface area contributed by atoms with Crippen LogP contribution in [-0.2, 0) is 6.54 Å². The highest BCUT2D eigenvalue weighted by Crippen LogP contribution is 2.33. The Hall–Kier alpha value is -2.18. The number of rotatable bonds is 3. The van der Waals surface area contributed by atoms with Gasteiger partial charge in [0.25, 0.3) is 0 Å². The standard InChI is InChI=1S/C14H18N6O/c1-2-7-19-12-10(13(21)20-14(19)15-8-16-20)17-11(18-12)9-5-3-4-6-9/h8-9H,2-7H2,1H3,(H,17,18). The Labute approximate surface area is 121 Å². The maximum absolute atomic E-state index is 12.5. The van der Waals surface area contributed by atoms with E-state index in [1.807, 2.05) is 4.57 Å². The largest absolute Gasteiger partial charge is 0.336 e. The summed E-state index contributed by atoms with van der Waals surface area (Å²) in [6, 6.07) is 0. The topological polar surface area (TPSA) is 80.9 Å². The van der Waals surface area contributed by atoms with Crippen molar-refractivity contribution in [1.29, 1.82) is 0 Å². The second kappa shape index (κ2) is 4.68. The zero-order valence-corrected chi connectivity index (χ0v) is 12.0. The van der Waals surface area contributed by atoms with Crippen molar-refractivity contribution in [1.82, 2.24) is 29.1 Å². The van der Waals surface area contributed by atoms with E-state index in [1.54, 1.807) is 0 Å². The molecule has 3 aromatic heterocycles. The quantitative estimate of drug-likeness (QED) is 0.796. The van der Waals surface area contributed by atoms with Gasteiger partial charge in [-0.05, 0) is 19.3 Å². The molecule has 1 aliphatic rings. The van der Waals surface area contributed by atoms with Gasteiger partial charge in [-0.25, -0.2) is 4.98 Å². The molecular weight excluding hydrogens is 268 g/mol. The van der Waals surface area contributed by atoms with Gasteiger partial charge in [0.05, 0.1) is 0 Å². The SMILES string of the molecule is CCCn1c2nc(C3CCCC3)[nH]c2c(=O)n2ncnc12. The number of nitrogens with one attached hydrogen (secondary N) is 1. The highest BCUT2D eigenvalue weighted by Gasteiger charge is 2.23. The summed E-state index contributed by atoms with van der Waals surface area (Å²) in [5, 5.41) is 4.04. The summed E-state index contributed by atoms with van der Waals surface area (Å²) in [6.45, 7) is 2.87. The molecular formula is C14H18N6O. The van der Waals surface area contributed by atoms with Gasteiger partial charge in [-0.2, -0.15) is 14.6 Å². The highest BCUT2D eigenvalue weighted by molar-refractivity contribution is 5.72. The fraction of sp³-hybridized carbons (Fsp3) is 0.571. The summed E-state index contributed by atoms with van der Waals surface area (Å²) in [7, 11) is 0. The van der Waals surface area contributed by atoms with Crippen LogP contribution in [0.3, 0.4) is 0 Å². The van der Waals surface area contributed by atoms with Crippen molar-refractivity contribution >= 4 is 16.9 Å². The average molecular weight is 286 g/mol. The number of hydrogen-bond acceptors (Lipinski definition) is 4. The van der Waals surface area contributed by atoms with Crippen molar-refractivity contribution in [3.63, 3.8) is 0 Å². The molecule has 0 spiro atoms. The summed E-state index contributed by atoms with van der Waals surface area (Å²) < 4.78 is 3.34. The molecule has 0 saturated heterocycles. The number of imidazole rings is 1. The summed E-state index contributed by atoms with van der Waals surface area (Å²) >= 11 is 0. The predicted molar refractivity (Wildman–Crippen MR) is 78.4 cm³/mol. The van der Waals surface area contributed by atoms with E-state index in [4.69, 9.17) is 4.98 Å². The Balaban J connectivity index is 2.01. The second-order valence-corrected chi connectivity index (χ2v) is 5.73. The number of fused-ring (bicyclic) bond motifs is 2. The number of H-pyrrole nitrogens is 1. The molecule has 3 heterocycles. The Bertz CT molecular complexity index is 851. The zero-order chi connectivity index (χ0) is 14.4. The van der Waals surface area contributed by atoms with Gasteiger partial charge in [-0.3, -0.25) is 9.36 Å². The first-order valence-electron chi connectivity index (χ1n) is 7.61. The molecule has 0 unspecified atom stereocenters. The normalized spacial score (nSPS) is 16.4. The molecule has 1 saturated carbocycles. The molecule has 0 aromatic carbocycles. The summed E-state index contributed by atoms with van der Waals surface area (Å²) in [5.41, 5.74) is 1.09. The number of aryl methyl sites for hydroxylation is 1. The minimum Gasteiger partial charge on any atom is -0.336 e. The van der Waals surface area contributed by atoms with Crippen molar-refractivity contribution in [2.24, 2.45) is 0 Å². The predicted octanol–water partition coefficient (Wildman–Crippen LogP) is 1.83. The second-order valence-electron chi connectivity index (χ2n) is 5.73. The van der Waals surface area contributed by atoms with Crippen molar-refractivity contribution in [2.75, 3.05) is 0 Å². The van der Waals surface area contributed by atoms with Gasteiger partial charge in [-0.1, -0.05) is 19.8 Å². The van der Waals surface area contributed by atoms with Crippen LogP contribution in [0.2, 0.25) is 0 Å². The first kappa shape index (κ1) is 12.6. The minimum atomic E-state index is -0.165. The fourth-order valence-electron chi connectivity index (χ4n) is 3.31. The first-order valence-corrected chi connectivity index (χ1v) is 7.61. The summed E-state index contributed by atoms with van der Waals surface area (Å²) in [6.07, 6.45) is 7.15. The van der Waals surface area contributed by atoms with Gasteiger partial charge in [0.2, 0.25) is 5.78 Å².